The summed E-state index contributed by atoms with van der Waals surface area (Å²) in [4.78, 5) is 12.7. The van der Waals surface area contributed by atoms with Crippen molar-refractivity contribution in [2.24, 2.45) is 11.8 Å². The molecule has 1 amide bonds. The molecule has 0 aliphatic heterocycles. The van der Waals surface area contributed by atoms with Crippen LogP contribution in [0.2, 0.25) is 4.34 Å². The van der Waals surface area contributed by atoms with Crippen LogP contribution in [0.3, 0.4) is 0 Å². The predicted molar refractivity (Wildman–Crippen MR) is 72.8 cm³/mol. The van der Waals surface area contributed by atoms with E-state index in [9.17, 15) is 4.79 Å². The lowest BCUT2D eigenvalue weighted by Crippen LogP contribution is -2.43. The fraction of sp³-hybridized carbons (Fsp3) is 0.615. The van der Waals surface area contributed by atoms with Gasteiger partial charge in [-0.2, -0.15) is 0 Å². The van der Waals surface area contributed by atoms with E-state index in [1.165, 1.54) is 24.2 Å². The summed E-state index contributed by atoms with van der Waals surface area (Å²) in [6.45, 7) is 4.50. The van der Waals surface area contributed by atoms with E-state index < -0.39 is 0 Å². The number of carbonyl (C=O) groups excluding carboxylic acids is 1. The third-order valence-corrected chi connectivity index (χ3v) is 5.05. The van der Waals surface area contributed by atoms with Crippen LogP contribution in [0.4, 0.5) is 0 Å². The normalized spacial score (nSPS) is 29.0. The first-order valence-electron chi connectivity index (χ1n) is 6.14. The second kappa shape index (κ2) is 5.40. The first-order chi connectivity index (χ1) is 8.08. The Kier molecular flexibility index (Phi) is 4.10. The zero-order valence-corrected chi connectivity index (χ0v) is 11.8. The van der Waals surface area contributed by atoms with Crippen molar-refractivity contribution in [3.8, 4) is 0 Å². The Morgan fingerprint density at radius 1 is 1.41 bits per heavy atom. The fourth-order valence-electron chi connectivity index (χ4n) is 2.46. The van der Waals surface area contributed by atoms with Gasteiger partial charge in [0.15, 0.2) is 0 Å². The highest BCUT2D eigenvalue weighted by Crippen LogP contribution is 2.30. The second-order valence-electron chi connectivity index (χ2n) is 4.95. The average molecular weight is 272 g/mol. The number of rotatable bonds is 2. The standard InChI is InChI=1S/C13H18ClNOS/c1-8-4-3-5-10(9(8)2)15-13(16)11-6-7-12(14)17-11/h6-10H,3-5H2,1-2H3,(H,15,16)/t8-,9+,10+/m1/s1. The summed E-state index contributed by atoms with van der Waals surface area (Å²) in [7, 11) is 0. The zero-order valence-electron chi connectivity index (χ0n) is 10.2. The van der Waals surface area contributed by atoms with Gasteiger partial charge in [0.1, 0.15) is 0 Å². The minimum atomic E-state index is 0.0212. The first kappa shape index (κ1) is 12.9. The van der Waals surface area contributed by atoms with E-state index in [0.29, 0.717) is 27.1 Å². The minimum Gasteiger partial charge on any atom is -0.348 e. The van der Waals surface area contributed by atoms with Crippen molar-refractivity contribution in [3.63, 3.8) is 0 Å². The molecule has 94 valence electrons. The van der Waals surface area contributed by atoms with Crippen molar-refractivity contribution in [1.82, 2.24) is 5.32 Å². The molecule has 0 unspecified atom stereocenters. The SMILES string of the molecule is C[C@H]1[C@H](C)CCC[C@@H]1NC(=O)c1ccc(Cl)s1. The minimum absolute atomic E-state index is 0.0212. The van der Waals surface area contributed by atoms with Gasteiger partial charge in [-0.25, -0.2) is 0 Å². The van der Waals surface area contributed by atoms with Gasteiger partial charge in [0.2, 0.25) is 0 Å². The quantitative estimate of drug-likeness (QED) is 0.867. The summed E-state index contributed by atoms with van der Waals surface area (Å²) in [5, 5.41) is 3.14. The summed E-state index contributed by atoms with van der Waals surface area (Å²) in [5.41, 5.74) is 0. The van der Waals surface area contributed by atoms with Gasteiger partial charge >= 0.3 is 0 Å². The van der Waals surface area contributed by atoms with Gasteiger partial charge in [-0.1, -0.05) is 38.3 Å². The fourth-order valence-corrected chi connectivity index (χ4v) is 3.41. The lowest BCUT2D eigenvalue weighted by Gasteiger charge is -2.34. The predicted octanol–water partition coefficient (Wildman–Crippen LogP) is 3.96. The number of thiophene rings is 1. The highest BCUT2D eigenvalue weighted by atomic mass is 35.5. The smallest absolute Gasteiger partial charge is 0.261 e. The summed E-state index contributed by atoms with van der Waals surface area (Å²) < 4.78 is 0.667. The van der Waals surface area contributed by atoms with E-state index in [2.05, 4.69) is 19.2 Å². The van der Waals surface area contributed by atoms with Gasteiger partial charge in [-0.05, 0) is 30.4 Å². The van der Waals surface area contributed by atoms with E-state index in [4.69, 9.17) is 11.6 Å². The molecular formula is C13H18ClNOS. The molecule has 0 bridgehead atoms. The Morgan fingerprint density at radius 3 is 2.82 bits per heavy atom. The summed E-state index contributed by atoms with van der Waals surface area (Å²) in [6, 6.07) is 3.87. The number of carbonyl (C=O) groups is 1. The van der Waals surface area contributed by atoms with Crippen molar-refractivity contribution in [3.05, 3.63) is 21.3 Å². The van der Waals surface area contributed by atoms with Crippen LogP contribution in [0, 0.1) is 11.8 Å². The van der Waals surface area contributed by atoms with E-state index in [1.54, 1.807) is 12.1 Å². The van der Waals surface area contributed by atoms with Crippen molar-refractivity contribution in [2.45, 2.75) is 39.2 Å². The van der Waals surface area contributed by atoms with E-state index in [0.717, 1.165) is 6.42 Å². The van der Waals surface area contributed by atoms with Crippen molar-refractivity contribution < 1.29 is 4.79 Å². The van der Waals surface area contributed by atoms with Crippen LogP contribution >= 0.6 is 22.9 Å². The maximum atomic E-state index is 12.0. The van der Waals surface area contributed by atoms with Gasteiger partial charge in [0.25, 0.3) is 5.91 Å². The first-order valence-corrected chi connectivity index (χ1v) is 7.33. The zero-order chi connectivity index (χ0) is 12.4. The molecule has 1 aliphatic carbocycles. The highest BCUT2D eigenvalue weighted by molar-refractivity contribution is 7.17. The molecular weight excluding hydrogens is 254 g/mol. The molecule has 1 saturated carbocycles. The van der Waals surface area contributed by atoms with Crippen LogP contribution in [0.5, 0.6) is 0 Å². The molecule has 17 heavy (non-hydrogen) atoms. The molecule has 0 radical (unpaired) electrons. The van der Waals surface area contributed by atoms with E-state index in [1.807, 2.05) is 0 Å². The molecule has 1 fully saturated rings. The molecule has 2 nitrogen and oxygen atoms in total. The van der Waals surface area contributed by atoms with E-state index >= 15 is 0 Å². The van der Waals surface area contributed by atoms with Crippen molar-refractivity contribution in [1.29, 1.82) is 0 Å². The Bertz CT molecular complexity index is 404. The molecule has 1 aromatic heterocycles. The number of amides is 1. The topological polar surface area (TPSA) is 29.1 Å². The van der Waals surface area contributed by atoms with Crippen molar-refractivity contribution >= 4 is 28.8 Å². The lowest BCUT2D eigenvalue weighted by molar-refractivity contribution is 0.0895. The highest BCUT2D eigenvalue weighted by Gasteiger charge is 2.28. The van der Waals surface area contributed by atoms with Crippen LogP contribution in [0.1, 0.15) is 42.8 Å². The molecule has 4 heteroatoms. The number of halogens is 1. The molecule has 2 rings (SSSR count). The van der Waals surface area contributed by atoms with Crippen LogP contribution in [0.25, 0.3) is 0 Å². The Morgan fingerprint density at radius 2 is 2.18 bits per heavy atom. The maximum absolute atomic E-state index is 12.0. The lowest BCUT2D eigenvalue weighted by atomic mass is 9.78. The van der Waals surface area contributed by atoms with Crippen molar-refractivity contribution in [2.75, 3.05) is 0 Å². The van der Waals surface area contributed by atoms with Crippen LogP contribution < -0.4 is 5.32 Å². The third-order valence-electron chi connectivity index (χ3n) is 3.82. The number of hydrogen-bond acceptors (Lipinski definition) is 2. The van der Waals surface area contributed by atoms with Crippen LogP contribution in [-0.4, -0.2) is 11.9 Å². The molecule has 1 aromatic rings. The van der Waals surface area contributed by atoms with E-state index in [-0.39, 0.29) is 5.91 Å². The van der Waals surface area contributed by atoms with Gasteiger partial charge < -0.3 is 5.32 Å². The van der Waals surface area contributed by atoms with Gasteiger partial charge in [0.05, 0.1) is 9.21 Å². The largest absolute Gasteiger partial charge is 0.348 e. The summed E-state index contributed by atoms with van der Waals surface area (Å²) in [5.74, 6) is 1.27. The third kappa shape index (κ3) is 3.02. The monoisotopic (exact) mass is 271 g/mol. The van der Waals surface area contributed by atoms with Gasteiger partial charge in [-0.3, -0.25) is 4.79 Å². The molecule has 1 aliphatic rings. The number of nitrogens with one attached hydrogen (secondary N) is 1. The Balaban J connectivity index is 1.98. The maximum Gasteiger partial charge on any atom is 0.261 e. The molecule has 1 N–H and O–H groups in total. The molecule has 1 heterocycles. The molecule has 0 spiro atoms. The van der Waals surface area contributed by atoms with Gasteiger partial charge in [0, 0.05) is 6.04 Å². The van der Waals surface area contributed by atoms with Crippen LogP contribution in [-0.2, 0) is 0 Å². The molecule has 0 aromatic carbocycles. The van der Waals surface area contributed by atoms with Crippen LogP contribution in [0.15, 0.2) is 12.1 Å². The second-order valence-corrected chi connectivity index (χ2v) is 6.67. The molecule has 3 atom stereocenters. The summed E-state index contributed by atoms with van der Waals surface area (Å²) in [6.07, 6.45) is 3.58. The Hall–Kier alpha value is -0.540. The summed E-state index contributed by atoms with van der Waals surface area (Å²) >= 11 is 7.18. The Labute approximate surface area is 111 Å². The number of hydrogen-bond donors (Lipinski definition) is 1. The van der Waals surface area contributed by atoms with Gasteiger partial charge in [-0.15, -0.1) is 11.3 Å². The average Bonchev–Trinajstić information content (AvgIpc) is 2.72. The molecule has 0 saturated heterocycles.